The summed E-state index contributed by atoms with van der Waals surface area (Å²) in [6, 6.07) is 5.43. The Labute approximate surface area is 117 Å². The summed E-state index contributed by atoms with van der Waals surface area (Å²) in [6.45, 7) is 0. The Bertz CT molecular complexity index is 502. The third-order valence-electron chi connectivity index (χ3n) is 2.63. The first kappa shape index (κ1) is 15.5. The summed E-state index contributed by atoms with van der Waals surface area (Å²) < 4.78 is 28.3. The zero-order chi connectivity index (χ0) is 13.8. The minimum atomic E-state index is -2.92. The van der Waals surface area contributed by atoms with Crippen molar-refractivity contribution in [2.24, 2.45) is 5.73 Å². The topological polar surface area (TPSA) is 69.4 Å². The SMILES string of the molecule is COc1cc(Br)ccc1C(N)CCCS(C)(=O)=O. The Kier molecular flexibility index (Phi) is 5.62. The molecule has 0 aliphatic rings. The van der Waals surface area contributed by atoms with E-state index in [9.17, 15) is 8.42 Å². The molecular weight excluding hydrogens is 318 g/mol. The van der Waals surface area contributed by atoms with Crippen molar-refractivity contribution in [2.45, 2.75) is 18.9 Å². The summed E-state index contributed by atoms with van der Waals surface area (Å²) >= 11 is 3.36. The number of ether oxygens (including phenoxy) is 1. The molecule has 1 unspecified atom stereocenters. The Hall–Kier alpha value is -0.590. The summed E-state index contributed by atoms with van der Waals surface area (Å²) in [7, 11) is -1.33. The Morgan fingerprint density at radius 2 is 2.11 bits per heavy atom. The van der Waals surface area contributed by atoms with Gasteiger partial charge in [-0.3, -0.25) is 0 Å². The van der Waals surface area contributed by atoms with Gasteiger partial charge in [0.25, 0.3) is 0 Å². The molecule has 102 valence electrons. The van der Waals surface area contributed by atoms with Crippen molar-refractivity contribution in [3.63, 3.8) is 0 Å². The van der Waals surface area contributed by atoms with Crippen LogP contribution in [-0.4, -0.2) is 27.5 Å². The maximum absolute atomic E-state index is 11.0. The molecule has 0 aromatic heterocycles. The third kappa shape index (κ3) is 4.96. The van der Waals surface area contributed by atoms with Crippen LogP contribution in [0.15, 0.2) is 22.7 Å². The molecule has 4 nitrogen and oxygen atoms in total. The van der Waals surface area contributed by atoms with E-state index in [1.807, 2.05) is 18.2 Å². The van der Waals surface area contributed by atoms with E-state index in [1.165, 1.54) is 6.26 Å². The standard InChI is InChI=1S/C12H18BrNO3S/c1-17-12-8-9(13)5-6-10(12)11(14)4-3-7-18(2,15)16/h5-6,8,11H,3-4,7,14H2,1-2H3. The van der Waals surface area contributed by atoms with E-state index in [4.69, 9.17) is 10.5 Å². The van der Waals surface area contributed by atoms with Gasteiger partial charge in [-0.1, -0.05) is 22.0 Å². The fraction of sp³-hybridized carbons (Fsp3) is 0.500. The molecule has 0 spiro atoms. The van der Waals surface area contributed by atoms with Gasteiger partial charge in [0.2, 0.25) is 0 Å². The van der Waals surface area contributed by atoms with Crippen LogP contribution in [0.4, 0.5) is 0 Å². The maximum atomic E-state index is 11.0. The summed E-state index contributed by atoms with van der Waals surface area (Å²) in [5.41, 5.74) is 6.96. The van der Waals surface area contributed by atoms with Crippen molar-refractivity contribution in [3.05, 3.63) is 28.2 Å². The molecule has 1 atom stereocenters. The first-order valence-electron chi connectivity index (χ1n) is 5.60. The second-order valence-electron chi connectivity index (χ2n) is 4.26. The molecule has 0 aliphatic heterocycles. The van der Waals surface area contributed by atoms with Crippen molar-refractivity contribution >= 4 is 25.8 Å². The van der Waals surface area contributed by atoms with Gasteiger partial charge in [0.05, 0.1) is 7.11 Å². The lowest BCUT2D eigenvalue weighted by Gasteiger charge is -2.15. The smallest absolute Gasteiger partial charge is 0.147 e. The van der Waals surface area contributed by atoms with E-state index >= 15 is 0 Å². The molecule has 0 heterocycles. The first-order valence-corrected chi connectivity index (χ1v) is 8.45. The molecule has 0 saturated heterocycles. The van der Waals surface area contributed by atoms with Crippen LogP contribution in [0.25, 0.3) is 0 Å². The van der Waals surface area contributed by atoms with Crippen LogP contribution in [0, 0.1) is 0 Å². The van der Waals surface area contributed by atoms with Crippen LogP contribution in [0.5, 0.6) is 5.75 Å². The van der Waals surface area contributed by atoms with Crippen LogP contribution in [-0.2, 0) is 9.84 Å². The summed E-state index contributed by atoms with van der Waals surface area (Å²) in [6.07, 6.45) is 2.41. The van der Waals surface area contributed by atoms with Gasteiger partial charge in [-0.2, -0.15) is 0 Å². The summed E-state index contributed by atoms with van der Waals surface area (Å²) in [5, 5.41) is 0. The van der Waals surface area contributed by atoms with Crippen LogP contribution in [0.2, 0.25) is 0 Å². The summed E-state index contributed by atoms with van der Waals surface area (Å²) in [5.74, 6) is 0.885. The predicted octanol–water partition coefficient (Wildman–Crippen LogP) is 2.28. The first-order chi connectivity index (χ1) is 8.33. The average Bonchev–Trinajstić information content (AvgIpc) is 2.26. The Morgan fingerprint density at radius 1 is 1.44 bits per heavy atom. The van der Waals surface area contributed by atoms with Gasteiger partial charge in [-0.25, -0.2) is 8.42 Å². The number of methoxy groups -OCH3 is 1. The average molecular weight is 336 g/mol. The molecule has 6 heteroatoms. The van der Waals surface area contributed by atoms with E-state index in [-0.39, 0.29) is 11.8 Å². The molecule has 1 aromatic rings. The van der Waals surface area contributed by atoms with Crippen LogP contribution in [0.3, 0.4) is 0 Å². The van der Waals surface area contributed by atoms with Gasteiger partial charge in [0, 0.05) is 28.1 Å². The van der Waals surface area contributed by atoms with E-state index in [0.717, 1.165) is 15.8 Å². The van der Waals surface area contributed by atoms with Crippen molar-refractivity contribution in [2.75, 3.05) is 19.1 Å². The third-order valence-corrected chi connectivity index (χ3v) is 4.15. The van der Waals surface area contributed by atoms with Crippen molar-refractivity contribution in [1.29, 1.82) is 0 Å². The molecule has 0 bridgehead atoms. The number of sulfone groups is 1. The fourth-order valence-corrected chi connectivity index (χ4v) is 2.74. The lowest BCUT2D eigenvalue weighted by Crippen LogP contribution is -2.13. The number of hydrogen-bond acceptors (Lipinski definition) is 4. The molecule has 0 radical (unpaired) electrons. The number of benzene rings is 1. The van der Waals surface area contributed by atoms with E-state index in [0.29, 0.717) is 12.8 Å². The predicted molar refractivity (Wildman–Crippen MR) is 76.6 cm³/mol. The van der Waals surface area contributed by atoms with Gasteiger partial charge < -0.3 is 10.5 Å². The highest BCUT2D eigenvalue weighted by Crippen LogP contribution is 2.29. The number of rotatable bonds is 6. The molecule has 1 aromatic carbocycles. The largest absolute Gasteiger partial charge is 0.496 e. The highest BCUT2D eigenvalue weighted by molar-refractivity contribution is 9.10. The molecule has 2 N–H and O–H groups in total. The van der Waals surface area contributed by atoms with Gasteiger partial charge in [0.15, 0.2) is 0 Å². The van der Waals surface area contributed by atoms with E-state index < -0.39 is 9.84 Å². The number of hydrogen-bond donors (Lipinski definition) is 1. The molecule has 0 aliphatic carbocycles. The van der Waals surface area contributed by atoms with Crippen molar-refractivity contribution < 1.29 is 13.2 Å². The quantitative estimate of drug-likeness (QED) is 0.865. The molecule has 0 fully saturated rings. The number of halogens is 1. The van der Waals surface area contributed by atoms with E-state index in [2.05, 4.69) is 15.9 Å². The molecule has 18 heavy (non-hydrogen) atoms. The van der Waals surface area contributed by atoms with E-state index in [1.54, 1.807) is 7.11 Å². The Morgan fingerprint density at radius 3 is 2.67 bits per heavy atom. The lowest BCUT2D eigenvalue weighted by molar-refractivity contribution is 0.403. The van der Waals surface area contributed by atoms with Gasteiger partial charge in [-0.15, -0.1) is 0 Å². The molecule has 0 saturated carbocycles. The molecule has 0 amide bonds. The minimum absolute atomic E-state index is 0.166. The van der Waals surface area contributed by atoms with Gasteiger partial charge in [0.1, 0.15) is 15.6 Å². The zero-order valence-electron chi connectivity index (χ0n) is 10.5. The lowest BCUT2D eigenvalue weighted by atomic mass is 10.0. The Balaban J connectivity index is 2.69. The fourth-order valence-electron chi connectivity index (χ4n) is 1.71. The van der Waals surface area contributed by atoms with Crippen LogP contribution < -0.4 is 10.5 Å². The molecular formula is C12H18BrNO3S. The minimum Gasteiger partial charge on any atom is -0.496 e. The second kappa shape index (κ2) is 6.54. The summed E-state index contributed by atoms with van der Waals surface area (Å²) in [4.78, 5) is 0. The normalized spacial score (nSPS) is 13.3. The monoisotopic (exact) mass is 335 g/mol. The van der Waals surface area contributed by atoms with Crippen LogP contribution >= 0.6 is 15.9 Å². The number of nitrogens with two attached hydrogens (primary N) is 1. The van der Waals surface area contributed by atoms with Crippen molar-refractivity contribution in [3.8, 4) is 5.75 Å². The second-order valence-corrected chi connectivity index (χ2v) is 7.44. The van der Waals surface area contributed by atoms with Crippen molar-refractivity contribution in [1.82, 2.24) is 0 Å². The van der Waals surface area contributed by atoms with Gasteiger partial charge in [-0.05, 0) is 25.0 Å². The zero-order valence-corrected chi connectivity index (χ0v) is 12.9. The van der Waals surface area contributed by atoms with Crippen LogP contribution in [0.1, 0.15) is 24.4 Å². The maximum Gasteiger partial charge on any atom is 0.147 e. The van der Waals surface area contributed by atoms with Gasteiger partial charge >= 0.3 is 0 Å². The highest BCUT2D eigenvalue weighted by atomic mass is 79.9. The highest BCUT2D eigenvalue weighted by Gasteiger charge is 2.13. The molecule has 1 rings (SSSR count).